The van der Waals surface area contributed by atoms with Crippen LogP contribution in [0.15, 0.2) is 27.5 Å². The number of pyridine rings is 1. The molecule has 0 aliphatic carbocycles. The fraction of sp³-hybridized carbons (Fsp3) is 0.188. The van der Waals surface area contributed by atoms with Crippen molar-refractivity contribution in [2.24, 2.45) is 0 Å². The maximum absolute atomic E-state index is 12.6. The number of hydrogen-bond acceptors (Lipinski definition) is 4. The maximum Gasteiger partial charge on any atom is 0.353 e. The third kappa shape index (κ3) is 3.44. The number of carbonyl (C=O) groups excluding carboxylic acids is 1. The largest absolute Gasteiger partial charge is 0.477 e. The van der Waals surface area contributed by atoms with Crippen molar-refractivity contribution in [1.82, 2.24) is 4.57 Å². The summed E-state index contributed by atoms with van der Waals surface area (Å²) < 4.78 is 5.81. The summed E-state index contributed by atoms with van der Waals surface area (Å²) >= 11 is 14.9. The smallest absolute Gasteiger partial charge is 0.353 e. The Morgan fingerprint density at radius 1 is 1.28 bits per heavy atom. The lowest BCUT2D eigenvalue weighted by Crippen LogP contribution is -2.28. The monoisotopic (exact) mass is 447 g/mol. The van der Waals surface area contributed by atoms with Crippen LogP contribution in [0.1, 0.15) is 27.8 Å². The highest BCUT2D eigenvalue weighted by Gasteiger charge is 2.28. The number of carboxylic acids is 1. The van der Waals surface area contributed by atoms with E-state index < -0.39 is 17.4 Å². The number of nitrogens with zero attached hydrogens (tertiary/aromatic N) is 1. The predicted molar refractivity (Wildman–Crippen MR) is 97.8 cm³/mol. The zero-order chi connectivity index (χ0) is 18.9. The first-order valence-corrected chi connectivity index (χ1v) is 8.52. The number of carbonyl (C=O) groups is 2. The molecule has 0 saturated carbocycles. The van der Waals surface area contributed by atoms with E-state index in [0.29, 0.717) is 5.56 Å². The molecule has 0 radical (unpaired) electrons. The highest BCUT2D eigenvalue weighted by atomic mass is 79.9. The number of rotatable bonds is 4. The Morgan fingerprint density at radius 3 is 2.40 bits per heavy atom. The molecule has 1 N–H and O–H groups in total. The number of hydrogen-bond donors (Lipinski definition) is 1. The molecule has 25 heavy (non-hydrogen) atoms. The van der Waals surface area contributed by atoms with Crippen molar-refractivity contribution >= 4 is 51.1 Å². The molecule has 0 fully saturated rings. The maximum atomic E-state index is 12.6. The molecular weight excluding hydrogens is 437 g/mol. The molecule has 0 unspecified atom stereocenters. The number of esters is 1. The van der Waals surface area contributed by atoms with Gasteiger partial charge in [0.05, 0.1) is 27.3 Å². The van der Waals surface area contributed by atoms with Gasteiger partial charge in [0.2, 0.25) is 5.43 Å². The molecule has 1 aromatic carbocycles. The minimum absolute atomic E-state index is 0.0958. The summed E-state index contributed by atoms with van der Waals surface area (Å²) in [4.78, 5) is 36.5. The zero-order valence-corrected chi connectivity index (χ0v) is 16.2. The molecule has 9 heteroatoms. The Hall–Kier alpha value is -1.83. The molecule has 2 rings (SSSR count). The summed E-state index contributed by atoms with van der Waals surface area (Å²) in [5.74, 6) is -2.20. The molecule has 0 spiro atoms. The fourth-order valence-corrected chi connectivity index (χ4v) is 3.33. The van der Waals surface area contributed by atoms with Crippen molar-refractivity contribution in [1.29, 1.82) is 0 Å². The van der Waals surface area contributed by atoms with E-state index in [1.165, 1.54) is 16.7 Å². The zero-order valence-electron chi connectivity index (χ0n) is 13.1. The minimum Gasteiger partial charge on any atom is -0.477 e. The van der Waals surface area contributed by atoms with Gasteiger partial charge in [0.25, 0.3) is 0 Å². The van der Waals surface area contributed by atoms with Gasteiger partial charge in [0.1, 0.15) is 11.3 Å². The summed E-state index contributed by atoms with van der Waals surface area (Å²) in [7, 11) is 1.13. The Labute approximate surface area is 161 Å². The molecule has 6 nitrogen and oxygen atoms in total. The van der Waals surface area contributed by atoms with E-state index in [0.717, 1.165) is 7.11 Å². The first-order chi connectivity index (χ1) is 11.7. The van der Waals surface area contributed by atoms with Gasteiger partial charge in [-0.3, -0.25) is 4.79 Å². The normalized spacial score (nSPS) is 10.6. The number of benzene rings is 1. The molecule has 0 atom stereocenters. The van der Waals surface area contributed by atoms with Crippen LogP contribution in [0.4, 0.5) is 0 Å². The van der Waals surface area contributed by atoms with Crippen molar-refractivity contribution in [3.63, 3.8) is 0 Å². The number of ether oxygens (including phenoxy) is 1. The first-order valence-electron chi connectivity index (χ1n) is 6.97. The summed E-state index contributed by atoms with van der Waals surface area (Å²) in [5, 5.41) is 9.99. The van der Waals surface area contributed by atoms with Crippen molar-refractivity contribution in [3.05, 3.63) is 54.2 Å². The van der Waals surface area contributed by atoms with E-state index in [4.69, 9.17) is 27.9 Å². The van der Waals surface area contributed by atoms with Crippen LogP contribution in [0.2, 0.25) is 10.0 Å². The Balaban J connectivity index is 3.06. The first kappa shape index (κ1) is 19.5. The predicted octanol–water partition coefficient (Wildman–Crippen LogP) is 4.09. The number of aromatic carboxylic acids is 1. The van der Waals surface area contributed by atoms with Crippen LogP contribution in [0.25, 0.3) is 11.3 Å². The second-order valence-electron chi connectivity index (χ2n) is 4.89. The van der Waals surface area contributed by atoms with Crippen LogP contribution in [-0.4, -0.2) is 28.7 Å². The number of halogens is 3. The van der Waals surface area contributed by atoms with E-state index in [1.54, 1.807) is 13.0 Å². The van der Waals surface area contributed by atoms with E-state index in [2.05, 4.69) is 15.9 Å². The molecule has 0 aliphatic heterocycles. The quantitative estimate of drug-likeness (QED) is 0.712. The van der Waals surface area contributed by atoms with Gasteiger partial charge >= 0.3 is 11.9 Å². The molecule has 0 saturated heterocycles. The summed E-state index contributed by atoms with van der Waals surface area (Å²) in [5.41, 5.74) is -0.891. The van der Waals surface area contributed by atoms with Crippen LogP contribution in [0.3, 0.4) is 0 Å². The van der Waals surface area contributed by atoms with Crippen molar-refractivity contribution in [2.75, 3.05) is 7.11 Å². The number of aromatic nitrogens is 1. The van der Waals surface area contributed by atoms with Gasteiger partial charge in [0.15, 0.2) is 0 Å². The van der Waals surface area contributed by atoms with Gasteiger partial charge in [-0.1, -0.05) is 29.3 Å². The minimum atomic E-state index is -1.32. The van der Waals surface area contributed by atoms with Gasteiger partial charge in [-0.25, -0.2) is 9.59 Å². The van der Waals surface area contributed by atoms with Crippen LogP contribution in [0, 0.1) is 0 Å². The molecule has 0 aliphatic rings. The molecule has 1 aromatic heterocycles. The molecular formula is C16H12BrCl2NO5. The van der Waals surface area contributed by atoms with Gasteiger partial charge in [0, 0.05) is 12.1 Å². The topological polar surface area (TPSA) is 85.6 Å². The molecule has 0 bridgehead atoms. The Morgan fingerprint density at radius 2 is 1.92 bits per heavy atom. The number of carboxylic acid groups (broad SMARTS) is 1. The third-order valence-electron chi connectivity index (χ3n) is 3.51. The van der Waals surface area contributed by atoms with Crippen LogP contribution in [0.5, 0.6) is 0 Å². The molecule has 1 heterocycles. The van der Waals surface area contributed by atoms with Gasteiger partial charge < -0.3 is 14.4 Å². The van der Waals surface area contributed by atoms with Gasteiger partial charge in [-0.15, -0.1) is 0 Å². The summed E-state index contributed by atoms with van der Waals surface area (Å²) in [6, 6.07) is 4.49. The average molecular weight is 449 g/mol. The second-order valence-corrected chi connectivity index (χ2v) is 6.49. The van der Waals surface area contributed by atoms with Gasteiger partial charge in [-0.05, 0) is 35.0 Å². The lowest BCUT2D eigenvalue weighted by molar-refractivity contribution is 0.0595. The fourth-order valence-electron chi connectivity index (χ4n) is 2.45. The summed E-state index contributed by atoms with van der Waals surface area (Å²) in [6.07, 6.45) is 0. The lowest BCUT2D eigenvalue weighted by atomic mass is 10.0. The van der Waals surface area contributed by atoms with Crippen molar-refractivity contribution in [2.45, 2.75) is 13.5 Å². The highest BCUT2D eigenvalue weighted by molar-refractivity contribution is 9.10. The molecule has 2 aromatic rings. The Bertz CT molecular complexity index is 939. The van der Waals surface area contributed by atoms with E-state index >= 15 is 0 Å². The standard InChI is InChI=1S/C16H12BrCl2NO5/c1-3-20-12(7-4-5-8(18)9(19)6-7)10(16(24)25-2)14(21)11(17)13(20)15(22)23/h4-6H,3H2,1-2H3,(H,22,23). The molecule has 0 amide bonds. The van der Waals surface area contributed by atoms with Gasteiger partial charge in [-0.2, -0.15) is 0 Å². The molecule has 132 valence electrons. The second kappa shape index (κ2) is 7.59. The summed E-state index contributed by atoms with van der Waals surface area (Å²) in [6.45, 7) is 1.87. The van der Waals surface area contributed by atoms with Crippen LogP contribution >= 0.6 is 39.1 Å². The third-order valence-corrected chi connectivity index (χ3v) is 4.99. The van der Waals surface area contributed by atoms with E-state index in [9.17, 15) is 19.5 Å². The number of methoxy groups -OCH3 is 1. The highest BCUT2D eigenvalue weighted by Crippen LogP contribution is 2.32. The van der Waals surface area contributed by atoms with E-state index in [-0.39, 0.29) is 38.0 Å². The SMILES string of the molecule is CCn1c(C(=O)O)c(Br)c(=O)c(C(=O)OC)c1-c1ccc(Cl)c(Cl)c1. The van der Waals surface area contributed by atoms with Crippen LogP contribution in [-0.2, 0) is 11.3 Å². The Kier molecular flexibility index (Phi) is 5.92. The lowest BCUT2D eigenvalue weighted by Gasteiger charge is -2.19. The average Bonchev–Trinajstić information content (AvgIpc) is 2.57. The van der Waals surface area contributed by atoms with Crippen molar-refractivity contribution < 1.29 is 19.4 Å². The van der Waals surface area contributed by atoms with E-state index in [1.807, 2.05) is 0 Å². The van der Waals surface area contributed by atoms with Crippen molar-refractivity contribution in [3.8, 4) is 11.3 Å². The van der Waals surface area contributed by atoms with Crippen LogP contribution < -0.4 is 5.43 Å².